The van der Waals surface area contributed by atoms with Crippen LogP contribution in [0.2, 0.25) is 0 Å². The van der Waals surface area contributed by atoms with Gasteiger partial charge in [-0.1, -0.05) is 12.1 Å². The number of nitrogens with zero attached hydrogens (tertiary/aromatic N) is 1. The molecule has 0 aliphatic rings. The second-order valence-electron chi connectivity index (χ2n) is 5.89. The van der Waals surface area contributed by atoms with Crippen molar-refractivity contribution in [3.05, 3.63) is 58.1 Å². The summed E-state index contributed by atoms with van der Waals surface area (Å²) in [5.41, 5.74) is -0.142. The fraction of sp³-hybridized carbons (Fsp3) is 0.278. The van der Waals surface area contributed by atoms with E-state index in [0.717, 1.165) is 12.1 Å². The van der Waals surface area contributed by atoms with Gasteiger partial charge < -0.3 is 14.6 Å². The Morgan fingerprint density at radius 1 is 1.24 bits per heavy atom. The second-order valence-corrected chi connectivity index (χ2v) is 7.57. The van der Waals surface area contributed by atoms with Crippen molar-refractivity contribution in [1.82, 2.24) is 4.72 Å². The fourth-order valence-electron chi connectivity index (χ4n) is 2.53. The van der Waals surface area contributed by atoms with E-state index in [0.29, 0.717) is 5.56 Å². The largest absolute Gasteiger partial charge is 0.508 e. The van der Waals surface area contributed by atoms with Crippen molar-refractivity contribution in [3.63, 3.8) is 0 Å². The van der Waals surface area contributed by atoms with Gasteiger partial charge in [-0.2, -0.15) is 4.72 Å². The van der Waals surface area contributed by atoms with Gasteiger partial charge in [0.1, 0.15) is 17.5 Å². The van der Waals surface area contributed by atoms with Crippen LogP contribution in [0, 0.1) is 10.1 Å². The monoisotopic (exact) mass is 424 g/mol. The smallest absolute Gasteiger partial charge is 0.324 e. The highest BCUT2D eigenvalue weighted by Crippen LogP contribution is 2.28. The molecular formula is C18H20N2O8S. The van der Waals surface area contributed by atoms with E-state index in [1.54, 1.807) is 6.92 Å². The van der Waals surface area contributed by atoms with Gasteiger partial charge in [-0.3, -0.25) is 14.9 Å². The molecule has 2 aromatic carbocycles. The molecule has 2 N–H and O–H groups in total. The van der Waals surface area contributed by atoms with E-state index < -0.39 is 37.5 Å². The summed E-state index contributed by atoms with van der Waals surface area (Å²) in [6, 6.07) is 7.76. The Morgan fingerprint density at radius 3 is 2.45 bits per heavy atom. The topological polar surface area (TPSA) is 145 Å². The van der Waals surface area contributed by atoms with Gasteiger partial charge in [-0.15, -0.1) is 0 Å². The lowest BCUT2D eigenvalue weighted by atomic mass is 10.1. The van der Waals surface area contributed by atoms with E-state index in [9.17, 15) is 28.4 Å². The Hall–Kier alpha value is -3.18. The maximum atomic E-state index is 12.8. The lowest BCUT2D eigenvalue weighted by Gasteiger charge is -2.18. The molecule has 0 fully saturated rings. The standard InChI is InChI=1S/C18H20N2O8S/c1-3-28-18(22)15(10-12-4-6-13(21)7-5-12)19-29(25,26)17-9-8-14(27-2)11-16(17)20(23)24/h4-9,11,15,19,21H,3,10H2,1-2H3/t15-/m0/s1. The Morgan fingerprint density at radius 2 is 1.90 bits per heavy atom. The molecule has 0 bridgehead atoms. The highest BCUT2D eigenvalue weighted by molar-refractivity contribution is 7.89. The number of benzene rings is 2. The summed E-state index contributed by atoms with van der Waals surface area (Å²) in [5, 5.41) is 20.7. The Bertz CT molecular complexity index is 989. The van der Waals surface area contributed by atoms with Crippen LogP contribution in [0.15, 0.2) is 47.4 Å². The van der Waals surface area contributed by atoms with Crippen LogP contribution in [0.3, 0.4) is 0 Å². The van der Waals surface area contributed by atoms with Crippen LogP contribution < -0.4 is 9.46 Å². The molecule has 0 aromatic heterocycles. The number of esters is 1. The van der Waals surface area contributed by atoms with Gasteiger partial charge in [-0.25, -0.2) is 8.42 Å². The van der Waals surface area contributed by atoms with Gasteiger partial charge in [0.05, 0.1) is 24.7 Å². The van der Waals surface area contributed by atoms with Crippen LogP contribution in [0.5, 0.6) is 11.5 Å². The number of nitrogens with one attached hydrogen (secondary N) is 1. The van der Waals surface area contributed by atoms with Crippen molar-refractivity contribution in [3.8, 4) is 11.5 Å². The van der Waals surface area contributed by atoms with Crippen LogP contribution in [0.1, 0.15) is 12.5 Å². The quantitative estimate of drug-likeness (QED) is 0.352. The van der Waals surface area contributed by atoms with E-state index in [1.807, 2.05) is 0 Å². The summed E-state index contributed by atoms with van der Waals surface area (Å²) in [6.45, 7) is 1.59. The summed E-state index contributed by atoms with van der Waals surface area (Å²) in [6.07, 6.45) is -0.0811. The van der Waals surface area contributed by atoms with Crippen molar-refractivity contribution in [2.75, 3.05) is 13.7 Å². The minimum atomic E-state index is -4.45. The van der Waals surface area contributed by atoms with Gasteiger partial charge in [-0.05, 0) is 43.2 Å². The third-order valence-electron chi connectivity index (χ3n) is 3.90. The molecule has 2 rings (SSSR count). The molecule has 0 spiro atoms. The Labute approximate surface area is 167 Å². The molecular weight excluding hydrogens is 404 g/mol. The average molecular weight is 424 g/mol. The number of phenols is 1. The zero-order chi connectivity index (χ0) is 21.6. The lowest BCUT2D eigenvalue weighted by molar-refractivity contribution is -0.387. The number of nitro groups is 1. The summed E-state index contributed by atoms with van der Waals surface area (Å²) in [4.78, 5) is 22.2. The van der Waals surface area contributed by atoms with E-state index >= 15 is 0 Å². The molecule has 10 nitrogen and oxygen atoms in total. The molecule has 0 radical (unpaired) electrons. The van der Waals surface area contributed by atoms with E-state index in [4.69, 9.17) is 9.47 Å². The first-order valence-corrected chi connectivity index (χ1v) is 9.95. The Kier molecular flexibility index (Phi) is 7.13. The van der Waals surface area contributed by atoms with Crippen molar-refractivity contribution in [1.29, 1.82) is 0 Å². The number of hydrogen-bond donors (Lipinski definition) is 2. The van der Waals surface area contributed by atoms with Gasteiger partial charge in [0.25, 0.3) is 5.69 Å². The predicted molar refractivity (Wildman–Crippen MR) is 102 cm³/mol. The highest BCUT2D eigenvalue weighted by atomic mass is 32.2. The number of ether oxygens (including phenoxy) is 2. The molecule has 11 heteroatoms. The minimum Gasteiger partial charge on any atom is -0.508 e. The van der Waals surface area contributed by atoms with E-state index in [-0.39, 0.29) is 24.5 Å². The minimum absolute atomic E-state index is 0.0101. The molecule has 0 saturated carbocycles. The lowest BCUT2D eigenvalue weighted by Crippen LogP contribution is -2.43. The third kappa shape index (κ3) is 5.65. The maximum absolute atomic E-state index is 12.8. The summed E-state index contributed by atoms with van der Waals surface area (Å²) >= 11 is 0. The highest BCUT2D eigenvalue weighted by Gasteiger charge is 2.32. The van der Waals surface area contributed by atoms with Crippen molar-refractivity contribution >= 4 is 21.7 Å². The van der Waals surface area contributed by atoms with Crippen molar-refractivity contribution in [2.24, 2.45) is 0 Å². The number of nitro benzene ring substituents is 1. The number of methoxy groups -OCH3 is 1. The molecule has 0 aliphatic carbocycles. The first-order chi connectivity index (χ1) is 13.7. The SMILES string of the molecule is CCOC(=O)[C@H](Cc1ccc(O)cc1)NS(=O)(=O)c1ccc(OC)cc1[N+](=O)[O-]. The van der Waals surface area contributed by atoms with Gasteiger partial charge in [0.15, 0.2) is 4.90 Å². The summed E-state index contributed by atoms with van der Waals surface area (Å²) in [5.74, 6) is -0.710. The molecule has 0 heterocycles. The fourth-order valence-corrected chi connectivity index (χ4v) is 3.87. The maximum Gasteiger partial charge on any atom is 0.324 e. The molecule has 0 unspecified atom stereocenters. The van der Waals surface area contributed by atoms with Crippen LogP contribution in [-0.4, -0.2) is 44.2 Å². The molecule has 29 heavy (non-hydrogen) atoms. The van der Waals surface area contributed by atoms with Gasteiger partial charge >= 0.3 is 5.97 Å². The number of hydrogen-bond acceptors (Lipinski definition) is 8. The zero-order valence-corrected chi connectivity index (χ0v) is 16.5. The van der Waals surface area contributed by atoms with Crippen molar-refractivity contribution in [2.45, 2.75) is 24.3 Å². The second kappa shape index (κ2) is 9.34. The number of sulfonamides is 1. The predicted octanol–water partition coefficient (Wildman–Crippen LogP) is 1.76. The molecule has 2 aromatic rings. The number of phenolic OH excluding ortho intramolecular Hbond substituents is 1. The molecule has 0 saturated heterocycles. The average Bonchev–Trinajstić information content (AvgIpc) is 2.68. The number of rotatable bonds is 9. The Balaban J connectivity index is 2.39. The normalized spacial score (nSPS) is 12.2. The number of carbonyl (C=O) groups excluding carboxylic acids is 1. The molecule has 0 aliphatic heterocycles. The van der Waals surface area contributed by atoms with E-state index in [1.165, 1.54) is 37.4 Å². The number of aromatic hydroxyl groups is 1. The van der Waals surface area contributed by atoms with Crippen LogP contribution in [-0.2, 0) is 26.0 Å². The summed E-state index contributed by atoms with van der Waals surface area (Å²) < 4.78 is 37.6. The first-order valence-electron chi connectivity index (χ1n) is 8.47. The van der Waals surface area contributed by atoms with Crippen LogP contribution in [0.4, 0.5) is 5.69 Å². The number of carbonyl (C=O) groups is 1. The van der Waals surface area contributed by atoms with Crippen molar-refractivity contribution < 1.29 is 32.7 Å². The van der Waals surface area contributed by atoms with Crippen LogP contribution >= 0.6 is 0 Å². The molecule has 156 valence electrons. The first kappa shape index (κ1) is 22.1. The third-order valence-corrected chi connectivity index (χ3v) is 5.42. The molecule has 0 amide bonds. The van der Waals surface area contributed by atoms with Crippen LogP contribution in [0.25, 0.3) is 0 Å². The summed E-state index contributed by atoms with van der Waals surface area (Å²) in [7, 11) is -3.16. The van der Waals surface area contributed by atoms with E-state index in [2.05, 4.69) is 4.72 Å². The van der Waals surface area contributed by atoms with Gasteiger partial charge in [0, 0.05) is 0 Å². The zero-order valence-electron chi connectivity index (χ0n) is 15.7. The van der Waals surface area contributed by atoms with Gasteiger partial charge in [0.2, 0.25) is 10.0 Å². The molecule has 1 atom stereocenters.